The number of rotatable bonds is 9. The van der Waals surface area contributed by atoms with E-state index in [9.17, 15) is 0 Å². The second-order valence-corrected chi connectivity index (χ2v) is 8.38. The first-order valence-electron chi connectivity index (χ1n) is 10.7. The third-order valence-corrected chi connectivity index (χ3v) is 5.68. The fourth-order valence-electron chi connectivity index (χ4n) is 3.27. The molecule has 0 saturated carbocycles. The molecule has 2 aromatic heterocycles. The first-order chi connectivity index (χ1) is 15.2. The van der Waals surface area contributed by atoms with Crippen molar-refractivity contribution in [1.82, 2.24) is 29.7 Å². The topological polar surface area (TPSA) is 93.9 Å². The van der Waals surface area contributed by atoms with Crippen LogP contribution in [0.4, 0.5) is 11.9 Å². The van der Waals surface area contributed by atoms with Crippen LogP contribution in [0.1, 0.15) is 31.7 Å². The third-order valence-electron chi connectivity index (χ3n) is 4.87. The molecule has 0 radical (unpaired) electrons. The molecule has 3 aromatic rings. The van der Waals surface area contributed by atoms with Gasteiger partial charge in [0.15, 0.2) is 0 Å². The Bertz CT molecular complexity index is 972. The second-order valence-electron chi connectivity index (χ2n) is 7.32. The lowest BCUT2D eigenvalue weighted by Crippen LogP contribution is -2.31. The van der Waals surface area contributed by atoms with Crippen LogP contribution in [0.5, 0.6) is 5.75 Å². The Morgan fingerprint density at radius 3 is 2.58 bits per heavy atom. The van der Waals surface area contributed by atoms with Gasteiger partial charge in [0.1, 0.15) is 12.1 Å². The highest BCUT2D eigenvalue weighted by Gasteiger charge is 2.17. The van der Waals surface area contributed by atoms with E-state index in [1.54, 1.807) is 11.0 Å². The minimum atomic E-state index is 0.474. The zero-order chi connectivity index (χ0) is 21.5. The molecule has 0 amide bonds. The van der Waals surface area contributed by atoms with E-state index >= 15 is 0 Å². The minimum Gasteiger partial charge on any atom is -0.493 e. The highest BCUT2D eigenvalue weighted by Crippen LogP contribution is 2.19. The maximum atomic E-state index is 5.77. The van der Waals surface area contributed by atoms with E-state index in [0.29, 0.717) is 29.6 Å². The Morgan fingerprint density at radius 1 is 1.03 bits per heavy atom. The van der Waals surface area contributed by atoms with Crippen molar-refractivity contribution in [2.24, 2.45) is 0 Å². The van der Waals surface area contributed by atoms with Gasteiger partial charge < -0.3 is 15.0 Å². The van der Waals surface area contributed by atoms with E-state index in [1.165, 1.54) is 23.7 Å². The van der Waals surface area contributed by atoms with Gasteiger partial charge in [0.2, 0.25) is 17.1 Å². The van der Waals surface area contributed by atoms with Crippen LogP contribution < -0.4 is 15.0 Å². The molecule has 1 N–H and O–H groups in total. The minimum absolute atomic E-state index is 0.474. The summed E-state index contributed by atoms with van der Waals surface area (Å²) in [6, 6.07) is 8.05. The molecular formula is C21H28N8OS. The maximum absolute atomic E-state index is 5.77. The van der Waals surface area contributed by atoms with Gasteiger partial charge in [-0.25, -0.2) is 4.98 Å². The summed E-state index contributed by atoms with van der Waals surface area (Å²) in [5, 5.41) is 8.40. The lowest BCUT2D eigenvalue weighted by Gasteiger charge is -2.26. The van der Waals surface area contributed by atoms with Gasteiger partial charge in [-0.3, -0.25) is 0 Å². The number of thioether (sulfide) groups is 1. The van der Waals surface area contributed by atoms with Crippen molar-refractivity contribution in [2.45, 2.75) is 38.3 Å². The number of aryl methyl sites for hydroxylation is 1. The fraction of sp³-hybridized carbons (Fsp3) is 0.476. The number of ether oxygens (including phenoxy) is 1. The van der Waals surface area contributed by atoms with Gasteiger partial charge in [0.05, 0.1) is 6.61 Å². The van der Waals surface area contributed by atoms with Crippen LogP contribution in [0, 0.1) is 6.92 Å². The number of nitrogens with zero attached hydrogens (tertiary/aromatic N) is 7. The summed E-state index contributed by atoms with van der Waals surface area (Å²) in [6.07, 6.45) is 5.22. The van der Waals surface area contributed by atoms with Crippen LogP contribution >= 0.6 is 11.8 Å². The molecule has 31 heavy (non-hydrogen) atoms. The Kier molecular flexibility index (Phi) is 7.18. The van der Waals surface area contributed by atoms with Crippen LogP contribution in [0.25, 0.3) is 5.95 Å². The Balaban J connectivity index is 1.40. The Hall–Kier alpha value is -2.88. The largest absolute Gasteiger partial charge is 0.493 e. The van der Waals surface area contributed by atoms with E-state index in [1.807, 2.05) is 31.2 Å². The van der Waals surface area contributed by atoms with Crippen LogP contribution in [-0.2, 0) is 0 Å². The molecule has 0 atom stereocenters. The van der Waals surface area contributed by atoms with Crippen molar-refractivity contribution >= 4 is 23.7 Å². The molecule has 0 unspecified atom stereocenters. The van der Waals surface area contributed by atoms with Gasteiger partial charge in [-0.2, -0.15) is 19.6 Å². The summed E-state index contributed by atoms with van der Waals surface area (Å²) < 4.78 is 7.38. The van der Waals surface area contributed by atoms with Gasteiger partial charge in [-0.05, 0) is 45.2 Å². The number of aromatic nitrogens is 6. The predicted molar refractivity (Wildman–Crippen MR) is 122 cm³/mol. The summed E-state index contributed by atoms with van der Waals surface area (Å²) in [5.74, 6) is 3.34. The number of anilines is 2. The first kappa shape index (κ1) is 21.4. The summed E-state index contributed by atoms with van der Waals surface area (Å²) in [4.78, 5) is 20.4. The van der Waals surface area contributed by atoms with E-state index < -0.39 is 0 Å². The number of benzene rings is 1. The van der Waals surface area contributed by atoms with Crippen LogP contribution in [-0.4, -0.2) is 61.7 Å². The van der Waals surface area contributed by atoms with Crippen molar-refractivity contribution in [1.29, 1.82) is 0 Å². The van der Waals surface area contributed by atoms with Crippen molar-refractivity contribution in [3.05, 3.63) is 36.2 Å². The molecule has 9 nitrogen and oxygen atoms in total. The average molecular weight is 441 g/mol. The molecule has 4 rings (SSSR count). The lowest BCUT2D eigenvalue weighted by atomic mass is 10.1. The zero-order valence-corrected chi connectivity index (χ0v) is 18.8. The third kappa shape index (κ3) is 5.84. The van der Waals surface area contributed by atoms with E-state index in [4.69, 9.17) is 4.74 Å². The Labute approximate surface area is 186 Å². The number of hydrogen-bond acceptors (Lipinski definition) is 9. The standard InChI is InChI=1S/C21H28N8OS/c1-3-22-18-24-19(28-11-5-4-6-12-28)26-20(25-18)29-15-23-21(27-29)31-14-13-30-17-9-7-16(2)8-10-17/h7-10,15H,3-6,11-14H2,1-2H3,(H,22,24,25,26). The van der Waals surface area contributed by atoms with Gasteiger partial charge in [0.25, 0.3) is 5.95 Å². The molecule has 0 spiro atoms. The number of nitrogens with one attached hydrogen (secondary N) is 1. The lowest BCUT2D eigenvalue weighted by molar-refractivity contribution is 0.344. The fourth-order valence-corrected chi connectivity index (χ4v) is 3.88. The molecule has 1 aliphatic heterocycles. The molecule has 164 valence electrons. The van der Waals surface area contributed by atoms with Crippen LogP contribution in [0.3, 0.4) is 0 Å². The quantitative estimate of drug-likeness (QED) is 0.397. The number of piperidine rings is 1. The van der Waals surface area contributed by atoms with E-state index in [2.05, 4.69) is 42.2 Å². The van der Waals surface area contributed by atoms with Gasteiger partial charge >= 0.3 is 0 Å². The van der Waals surface area contributed by atoms with Gasteiger partial charge in [0, 0.05) is 25.4 Å². The van der Waals surface area contributed by atoms with Crippen molar-refractivity contribution in [2.75, 3.05) is 42.2 Å². The normalized spacial score (nSPS) is 13.9. The highest BCUT2D eigenvalue weighted by molar-refractivity contribution is 7.99. The summed E-state index contributed by atoms with van der Waals surface area (Å²) in [7, 11) is 0. The molecule has 1 aromatic carbocycles. The maximum Gasteiger partial charge on any atom is 0.258 e. The summed E-state index contributed by atoms with van der Waals surface area (Å²) in [6.45, 7) is 7.33. The molecule has 3 heterocycles. The van der Waals surface area contributed by atoms with Gasteiger partial charge in [-0.15, -0.1) is 5.10 Å². The van der Waals surface area contributed by atoms with Gasteiger partial charge in [-0.1, -0.05) is 29.5 Å². The van der Waals surface area contributed by atoms with Crippen molar-refractivity contribution < 1.29 is 4.74 Å². The molecule has 0 aliphatic carbocycles. The summed E-state index contributed by atoms with van der Waals surface area (Å²) >= 11 is 1.54. The van der Waals surface area contributed by atoms with Crippen LogP contribution in [0.15, 0.2) is 35.7 Å². The monoisotopic (exact) mass is 440 g/mol. The van der Waals surface area contributed by atoms with Crippen molar-refractivity contribution in [3.8, 4) is 11.7 Å². The van der Waals surface area contributed by atoms with E-state index in [0.717, 1.165) is 44.0 Å². The molecule has 0 bridgehead atoms. The highest BCUT2D eigenvalue weighted by atomic mass is 32.2. The zero-order valence-electron chi connectivity index (χ0n) is 18.0. The molecule has 1 aliphatic rings. The second kappa shape index (κ2) is 10.4. The van der Waals surface area contributed by atoms with Crippen molar-refractivity contribution in [3.63, 3.8) is 0 Å². The molecule has 10 heteroatoms. The SMILES string of the molecule is CCNc1nc(N2CCCCC2)nc(-n2cnc(SCCOc3ccc(C)cc3)n2)n1. The first-order valence-corrected chi connectivity index (χ1v) is 11.7. The molecule has 1 saturated heterocycles. The van der Waals surface area contributed by atoms with Crippen LogP contribution in [0.2, 0.25) is 0 Å². The summed E-state index contributed by atoms with van der Waals surface area (Å²) in [5.41, 5.74) is 1.22. The average Bonchev–Trinajstić information content (AvgIpc) is 3.28. The Morgan fingerprint density at radius 2 is 1.81 bits per heavy atom. The molecular weight excluding hydrogens is 412 g/mol. The molecule has 1 fully saturated rings. The smallest absolute Gasteiger partial charge is 0.258 e. The van der Waals surface area contributed by atoms with E-state index in [-0.39, 0.29) is 0 Å². The predicted octanol–water partition coefficient (Wildman–Crippen LogP) is 3.35. The number of hydrogen-bond donors (Lipinski definition) is 1.